The Morgan fingerprint density at radius 1 is 1.22 bits per heavy atom. The van der Waals surface area contributed by atoms with E-state index in [1.165, 1.54) is 22.9 Å². The number of aromatic nitrogens is 2. The van der Waals surface area contributed by atoms with Crippen LogP contribution in [0.15, 0.2) is 54.7 Å². The van der Waals surface area contributed by atoms with Gasteiger partial charge in [-0.05, 0) is 29.8 Å². The Hall–Kier alpha value is -3.19. The molecule has 0 spiro atoms. The van der Waals surface area contributed by atoms with Crippen LogP contribution in [-0.2, 0) is 9.59 Å². The second-order valence-electron chi connectivity index (χ2n) is 6.10. The average Bonchev–Trinajstić information content (AvgIpc) is 3.07. The van der Waals surface area contributed by atoms with Crippen molar-refractivity contribution in [2.24, 2.45) is 0 Å². The Morgan fingerprint density at radius 2 is 1.96 bits per heavy atom. The molecule has 6 nitrogen and oxygen atoms in total. The third-order valence-corrected chi connectivity index (χ3v) is 4.57. The molecule has 0 saturated heterocycles. The fourth-order valence-electron chi connectivity index (χ4n) is 2.99. The lowest BCUT2D eigenvalue weighted by molar-refractivity contribution is -0.125. The molecule has 2 aromatic carbocycles. The summed E-state index contributed by atoms with van der Waals surface area (Å²) in [5.41, 5.74) is 1.53. The molecular formula is C19H14ClFN4O2. The van der Waals surface area contributed by atoms with E-state index in [0.29, 0.717) is 16.4 Å². The van der Waals surface area contributed by atoms with Gasteiger partial charge in [-0.3, -0.25) is 9.59 Å². The van der Waals surface area contributed by atoms with E-state index in [0.717, 1.165) is 5.56 Å². The number of amides is 2. The standard InChI is InChI=1S/C19H14ClFN4O2/c20-12-7-5-11(6-8-12)13-10-22-25-16(9-17(26)24-18(13)25)19(27)23-15-4-2-1-3-14(15)21/h1-8,10,16H,9H2,(H,23,27)(H,24,26)/t16-/m0/s1. The molecule has 0 unspecified atom stereocenters. The molecule has 27 heavy (non-hydrogen) atoms. The lowest BCUT2D eigenvalue weighted by Crippen LogP contribution is -2.36. The van der Waals surface area contributed by atoms with E-state index in [2.05, 4.69) is 15.7 Å². The van der Waals surface area contributed by atoms with Crippen molar-refractivity contribution in [3.63, 3.8) is 0 Å². The van der Waals surface area contributed by atoms with Crippen LogP contribution in [-0.4, -0.2) is 21.6 Å². The summed E-state index contributed by atoms with van der Waals surface area (Å²) < 4.78 is 15.3. The minimum atomic E-state index is -0.880. The first-order valence-electron chi connectivity index (χ1n) is 8.21. The zero-order valence-electron chi connectivity index (χ0n) is 13.9. The first-order valence-corrected chi connectivity index (χ1v) is 8.59. The Balaban J connectivity index is 1.67. The number of hydrogen-bond donors (Lipinski definition) is 2. The third-order valence-electron chi connectivity index (χ3n) is 4.32. The van der Waals surface area contributed by atoms with Crippen molar-refractivity contribution >= 4 is 34.9 Å². The van der Waals surface area contributed by atoms with E-state index in [1.807, 2.05) is 0 Å². The van der Waals surface area contributed by atoms with Crippen LogP contribution in [0.3, 0.4) is 0 Å². The summed E-state index contributed by atoms with van der Waals surface area (Å²) in [7, 11) is 0. The molecule has 8 heteroatoms. The molecule has 1 atom stereocenters. The fourth-order valence-corrected chi connectivity index (χ4v) is 3.12. The number of nitrogens with zero attached hydrogens (tertiary/aromatic N) is 2. The molecule has 3 aromatic rings. The van der Waals surface area contributed by atoms with Crippen LogP contribution in [0, 0.1) is 5.82 Å². The topological polar surface area (TPSA) is 76.0 Å². The van der Waals surface area contributed by atoms with Crippen LogP contribution in [0.1, 0.15) is 12.5 Å². The number of para-hydroxylation sites is 1. The lowest BCUT2D eigenvalue weighted by atomic mass is 10.1. The number of halogens is 2. The maximum absolute atomic E-state index is 13.8. The lowest BCUT2D eigenvalue weighted by Gasteiger charge is -2.24. The van der Waals surface area contributed by atoms with Crippen molar-refractivity contribution in [2.45, 2.75) is 12.5 Å². The predicted molar refractivity (Wildman–Crippen MR) is 100.0 cm³/mol. The highest BCUT2D eigenvalue weighted by Crippen LogP contribution is 2.34. The molecule has 2 amide bonds. The molecule has 0 aliphatic carbocycles. The van der Waals surface area contributed by atoms with Gasteiger partial charge in [0.2, 0.25) is 11.8 Å². The molecule has 4 rings (SSSR count). The van der Waals surface area contributed by atoms with Gasteiger partial charge in [0.15, 0.2) is 0 Å². The Labute approximate surface area is 158 Å². The van der Waals surface area contributed by atoms with Gasteiger partial charge in [-0.1, -0.05) is 35.9 Å². The fraction of sp³-hybridized carbons (Fsp3) is 0.105. The molecule has 0 saturated carbocycles. The number of carbonyl (C=O) groups excluding carboxylic acids is 2. The van der Waals surface area contributed by atoms with Crippen molar-refractivity contribution in [2.75, 3.05) is 10.6 Å². The van der Waals surface area contributed by atoms with Gasteiger partial charge in [0.25, 0.3) is 0 Å². The maximum atomic E-state index is 13.8. The number of anilines is 2. The van der Waals surface area contributed by atoms with Gasteiger partial charge in [-0.25, -0.2) is 9.07 Å². The van der Waals surface area contributed by atoms with Crippen LogP contribution < -0.4 is 10.6 Å². The molecular weight excluding hydrogens is 371 g/mol. The molecule has 0 fully saturated rings. The predicted octanol–water partition coefficient (Wildman–Crippen LogP) is 3.86. The highest BCUT2D eigenvalue weighted by Gasteiger charge is 2.33. The summed E-state index contributed by atoms with van der Waals surface area (Å²) in [5.74, 6) is -0.954. The van der Waals surface area contributed by atoms with Crippen molar-refractivity contribution in [3.05, 3.63) is 65.6 Å². The SMILES string of the molecule is O=C1C[C@@H](C(=O)Nc2ccccc2F)n2ncc(-c3ccc(Cl)cc3)c2N1. The van der Waals surface area contributed by atoms with E-state index >= 15 is 0 Å². The van der Waals surface area contributed by atoms with Crippen LogP contribution in [0.5, 0.6) is 0 Å². The van der Waals surface area contributed by atoms with Gasteiger partial charge in [0.05, 0.1) is 18.3 Å². The number of hydrogen-bond acceptors (Lipinski definition) is 3. The second-order valence-corrected chi connectivity index (χ2v) is 6.53. The van der Waals surface area contributed by atoms with Gasteiger partial charge in [0.1, 0.15) is 17.7 Å². The minimum absolute atomic E-state index is 0.0557. The van der Waals surface area contributed by atoms with Gasteiger partial charge in [-0.15, -0.1) is 0 Å². The molecule has 2 heterocycles. The molecule has 0 radical (unpaired) electrons. The summed E-state index contributed by atoms with van der Waals surface area (Å²) in [6.07, 6.45) is 1.49. The van der Waals surface area contributed by atoms with E-state index in [9.17, 15) is 14.0 Å². The Bertz CT molecular complexity index is 1030. The summed E-state index contributed by atoms with van der Waals surface area (Å²) >= 11 is 5.92. The highest BCUT2D eigenvalue weighted by atomic mass is 35.5. The van der Waals surface area contributed by atoms with Crippen molar-refractivity contribution in [3.8, 4) is 11.1 Å². The van der Waals surface area contributed by atoms with Gasteiger partial charge in [0, 0.05) is 10.6 Å². The third kappa shape index (κ3) is 3.29. The van der Waals surface area contributed by atoms with E-state index in [4.69, 9.17) is 11.6 Å². The minimum Gasteiger partial charge on any atom is -0.322 e. The average molecular weight is 385 g/mol. The van der Waals surface area contributed by atoms with E-state index < -0.39 is 17.8 Å². The summed E-state index contributed by atoms with van der Waals surface area (Å²) in [4.78, 5) is 24.9. The van der Waals surface area contributed by atoms with Crippen molar-refractivity contribution in [1.29, 1.82) is 0 Å². The zero-order valence-corrected chi connectivity index (χ0v) is 14.7. The van der Waals surface area contributed by atoms with Crippen LogP contribution in [0.2, 0.25) is 5.02 Å². The van der Waals surface area contributed by atoms with Crippen LogP contribution >= 0.6 is 11.6 Å². The first kappa shape index (κ1) is 17.2. The number of rotatable bonds is 3. The normalized spacial score (nSPS) is 15.8. The number of carbonyl (C=O) groups is 2. The van der Waals surface area contributed by atoms with E-state index in [-0.39, 0.29) is 18.0 Å². The smallest absolute Gasteiger partial charge is 0.249 e. The summed E-state index contributed by atoms with van der Waals surface area (Å²) in [6, 6.07) is 12.0. The van der Waals surface area contributed by atoms with E-state index in [1.54, 1.807) is 36.5 Å². The molecule has 1 aliphatic heterocycles. The van der Waals surface area contributed by atoms with Crippen LogP contribution in [0.25, 0.3) is 11.1 Å². The van der Waals surface area contributed by atoms with Crippen molar-refractivity contribution in [1.82, 2.24) is 9.78 Å². The molecule has 136 valence electrons. The molecule has 1 aliphatic rings. The Morgan fingerprint density at radius 3 is 2.70 bits per heavy atom. The van der Waals surface area contributed by atoms with Gasteiger partial charge >= 0.3 is 0 Å². The molecule has 2 N–H and O–H groups in total. The molecule has 0 bridgehead atoms. The summed E-state index contributed by atoms with van der Waals surface area (Å²) in [5, 5.41) is 10.1. The van der Waals surface area contributed by atoms with Crippen molar-refractivity contribution < 1.29 is 14.0 Å². The number of nitrogens with one attached hydrogen (secondary N) is 2. The zero-order chi connectivity index (χ0) is 19.0. The van der Waals surface area contributed by atoms with Gasteiger partial charge in [-0.2, -0.15) is 5.10 Å². The number of benzene rings is 2. The highest BCUT2D eigenvalue weighted by molar-refractivity contribution is 6.30. The second kappa shape index (κ2) is 6.85. The maximum Gasteiger partial charge on any atom is 0.249 e. The quantitative estimate of drug-likeness (QED) is 0.719. The Kier molecular flexibility index (Phi) is 4.37. The van der Waals surface area contributed by atoms with Crippen LogP contribution in [0.4, 0.5) is 15.9 Å². The molecule has 1 aromatic heterocycles. The summed E-state index contributed by atoms with van der Waals surface area (Å²) in [6.45, 7) is 0. The first-order chi connectivity index (χ1) is 13.0. The van der Waals surface area contributed by atoms with Gasteiger partial charge < -0.3 is 10.6 Å². The number of fused-ring (bicyclic) bond motifs is 1. The monoisotopic (exact) mass is 384 g/mol. The largest absolute Gasteiger partial charge is 0.322 e.